The molecule has 0 aliphatic rings. The van der Waals surface area contributed by atoms with Crippen LogP contribution in [0.4, 0.5) is 0 Å². The smallest absolute Gasteiger partial charge is 0.111 e. The van der Waals surface area contributed by atoms with Crippen LogP contribution in [0.15, 0.2) is 12.4 Å². The Morgan fingerprint density at radius 2 is 2.15 bits per heavy atom. The molecule has 0 spiro atoms. The molecule has 3 nitrogen and oxygen atoms in total. The molecule has 0 bridgehead atoms. The highest BCUT2D eigenvalue weighted by atomic mass is 16.3. The number of hydrogen-bond donors (Lipinski definition) is 1. The predicted molar refractivity (Wildman–Crippen MR) is 52.6 cm³/mol. The van der Waals surface area contributed by atoms with Gasteiger partial charge in [0.15, 0.2) is 0 Å². The maximum atomic E-state index is 8.93. The Morgan fingerprint density at radius 1 is 1.46 bits per heavy atom. The van der Waals surface area contributed by atoms with Crippen LogP contribution in [0, 0.1) is 5.92 Å². The molecule has 0 saturated carbocycles. The minimum Gasteiger partial charge on any atom is -0.396 e. The summed E-state index contributed by atoms with van der Waals surface area (Å²) in [7, 11) is 0. The molecule has 0 aliphatic carbocycles. The van der Waals surface area contributed by atoms with Gasteiger partial charge < -0.3 is 9.67 Å². The minimum absolute atomic E-state index is 0.232. The lowest BCUT2D eigenvalue weighted by Crippen LogP contribution is -2.13. The second kappa shape index (κ2) is 4.42. The van der Waals surface area contributed by atoms with Gasteiger partial charge in [-0.3, -0.25) is 0 Å². The largest absolute Gasteiger partial charge is 0.396 e. The van der Waals surface area contributed by atoms with E-state index < -0.39 is 0 Å². The lowest BCUT2D eigenvalue weighted by atomic mass is 10.1. The van der Waals surface area contributed by atoms with Crippen molar-refractivity contribution in [3.63, 3.8) is 0 Å². The molecule has 0 radical (unpaired) electrons. The Balaban J connectivity index is 2.70. The number of aliphatic hydroxyl groups is 1. The van der Waals surface area contributed by atoms with Gasteiger partial charge in [0.2, 0.25) is 0 Å². The SMILES string of the molecule is CC(CO)Cn1ccnc1C(C)C. The van der Waals surface area contributed by atoms with Crippen LogP contribution < -0.4 is 0 Å². The van der Waals surface area contributed by atoms with Crippen molar-refractivity contribution < 1.29 is 5.11 Å². The zero-order valence-corrected chi connectivity index (χ0v) is 8.57. The molecule has 1 aromatic heterocycles. The molecule has 1 rings (SSSR count). The van der Waals surface area contributed by atoms with Crippen molar-refractivity contribution in [2.45, 2.75) is 33.2 Å². The number of aromatic nitrogens is 2. The van der Waals surface area contributed by atoms with E-state index in [1.54, 1.807) is 0 Å². The third-order valence-corrected chi connectivity index (χ3v) is 2.08. The third kappa shape index (κ3) is 2.56. The maximum Gasteiger partial charge on any atom is 0.111 e. The van der Waals surface area contributed by atoms with Crippen LogP contribution in [-0.4, -0.2) is 21.3 Å². The summed E-state index contributed by atoms with van der Waals surface area (Å²) in [5, 5.41) is 8.93. The summed E-state index contributed by atoms with van der Waals surface area (Å²) in [4.78, 5) is 4.28. The van der Waals surface area contributed by atoms with Gasteiger partial charge in [0.25, 0.3) is 0 Å². The number of aliphatic hydroxyl groups excluding tert-OH is 1. The highest BCUT2D eigenvalue weighted by molar-refractivity contribution is 4.97. The second-order valence-electron chi connectivity index (χ2n) is 3.88. The normalized spacial score (nSPS) is 13.6. The quantitative estimate of drug-likeness (QED) is 0.768. The second-order valence-corrected chi connectivity index (χ2v) is 3.88. The summed E-state index contributed by atoms with van der Waals surface area (Å²) >= 11 is 0. The molecule has 0 aromatic carbocycles. The van der Waals surface area contributed by atoms with Crippen molar-refractivity contribution >= 4 is 0 Å². The van der Waals surface area contributed by atoms with E-state index in [0.29, 0.717) is 11.8 Å². The van der Waals surface area contributed by atoms with Crippen molar-refractivity contribution in [3.05, 3.63) is 18.2 Å². The average molecular weight is 182 g/mol. The monoisotopic (exact) mass is 182 g/mol. The molecule has 1 aromatic rings. The molecule has 3 heteroatoms. The number of imidazole rings is 1. The van der Waals surface area contributed by atoms with E-state index in [9.17, 15) is 0 Å². The van der Waals surface area contributed by atoms with E-state index >= 15 is 0 Å². The Labute approximate surface area is 79.4 Å². The summed E-state index contributed by atoms with van der Waals surface area (Å²) in [5.41, 5.74) is 0. The molecule has 1 atom stereocenters. The molecular weight excluding hydrogens is 164 g/mol. The van der Waals surface area contributed by atoms with Crippen molar-refractivity contribution in [3.8, 4) is 0 Å². The van der Waals surface area contributed by atoms with Gasteiger partial charge in [-0.25, -0.2) is 4.98 Å². The Hall–Kier alpha value is -0.830. The molecule has 1 heterocycles. The molecule has 0 fully saturated rings. The van der Waals surface area contributed by atoms with Gasteiger partial charge in [0.05, 0.1) is 0 Å². The van der Waals surface area contributed by atoms with E-state index in [2.05, 4.69) is 23.4 Å². The Kier molecular flexibility index (Phi) is 3.48. The van der Waals surface area contributed by atoms with Gasteiger partial charge in [-0.1, -0.05) is 20.8 Å². The first-order valence-electron chi connectivity index (χ1n) is 4.77. The van der Waals surface area contributed by atoms with Gasteiger partial charge in [0, 0.05) is 31.5 Å². The highest BCUT2D eigenvalue weighted by Gasteiger charge is 2.09. The van der Waals surface area contributed by atoms with E-state index in [0.717, 1.165) is 12.4 Å². The Bertz CT molecular complexity index is 255. The van der Waals surface area contributed by atoms with Crippen LogP contribution in [0.3, 0.4) is 0 Å². The summed E-state index contributed by atoms with van der Waals surface area (Å²) in [5.74, 6) is 1.84. The summed E-state index contributed by atoms with van der Waals surface area (Å²) in [6.45, 7) is 7.37. The van der Waals surface area contributed by atoms with E-state index in [1.165, 1.54) is 0 Å². The van der Waals surface area contributed by atoms with Gasteiger partial charge in [-0.05, 0) is 5.92 Å². The van der Waals surface area contributed by atoms with Crippen LogP contribution >= 0.6 is 0 Å². The molecule has 1 N–H and O–H groups in total. The maximum absolute atomic E-state index is 8.93. The Morgan fingerprint density at radius 3 is 2.69 bits per heavy atom. The molecular formula is C10H18N2O. The standard InChI is InChI=1S/C10H18N2O/c1-8(2)10-11-4-5-12(10)6-9(3)7-13/h4-5,8-9,13H,6-7H2,1-3H3. The number of hydrogen-bond acceptors (Lipinski definition) is 2. The molecule has 74 valence electrons. The van der Waals surface area contributed by atoms with Crippen LogP contribution in [0.1, 0.15) is 32.5 Å². The van der Waals surface area contributed by atoms with Crippen molar-refractivity contribution in [2.24, 2.45) is 5.92 Å². The first-order valence-corrected chi connectivity index (χ1v) is 4.77. The van der Waals surface area contributed by atoms with Crippen molar-refractivity contribution in [1.82, 2.24) is 9.55 Å². The fourth-order valence-corrected chi connectivity index (χ4v) is 1.37. The predicted octanol–water partition coefficient (Wildman–Crippen LogP) is 1.63. The topological polar surface area (TPSA) is 38.0 Å². The molecule has 13 heavy (non-hydrogen) atoms. The van der Waals surface area contributed by atoms with E-state index in [4.69, 9.17) is 5.11 Å². The van der Waals surface area contributed by atoms with Crippen LogP contribution in [0.25, 0.3) is 0 Å². The average Bonchev–Trinajstić information content (AvgIpc) is 2.52. The van der Waals surface area contributed by atoms with Crippen LogP contribution in [-0.2, 0) is 6.54 Å². The van der Waals surface area contributed by atoms with Gasteiger partial charge in [0.1, 0.15) is 5.82 Å². The molecule has 0 aliphatic heterocycles. The fourth-order valence-electron chi connectivity index (χ4n) is 1.37. The number of nitrogens with zero attached hydrogens (tertiary/aromatic N) is 2. The first kappa shape index (κ1) is 10.3. The van der Waals surface area contributed by atoms with Crippen molar-refractivity contribution in [2.75, 3.05) is 6.61 Å². The zero-order chi connectivity index (χ0) is 9.84. The summed E-state index contributed by atoms with van der Waals surface area (Å²) in [6.07, 6.45) is 3.79. The van der Waals surface area contributed by atoms with Crippen LogP contribution in [0.2, 0.25) is 0 Å². The molecule has 0 saturated heterocycles. The summed E-state index contributed by atoms with van der Waals surface area (Å²) in [6, 6.07) is 0. The number of rotatable bonds is 4. The first-order chi connectivity index (χ1) is 6.15. The summed E-state index contributed by atoms with van der Waals surface area (Å²) < 4.78 is 2.12. The zero-order valence-electron chi connectivity index (χ0n) is 8.57. The highest BCUT2D eigenvalue weighted by Crippen LogP contribution is 2.13. The lowest BCUT2D eigenvalue weighted by Gasteiger charge is -2.13. The van der Waals surface area contributed by atoms with Crippen molar-refractivity contribution in [1.29, 1.82) is 0 Å². The fraction of sp³-hybridized carbons (Fsp3) is 0.700. The van der Waals surface area contributed by atoms with Crippen LogP contribution in [0.5, 0.6) is 0 Å². The third-order valence-electron chi connectivity index (χ3n) is 2.08. The minimum atomic E-state index is 0.232. The molecule has 1 unspecified atom stereocenters. The van der Waals surface area contributed by atoms with E-state index in [-0.39, 0.29) is 6.61 Å². The van der Waals surface area contributed by atoms with Gasteiger partial charge >= 0.3 is 0 Å². The van der Waals surface area contributed by atoms with Gasteiger partial charge in [-0.15, -0.1) is 0 Å². The van der Waals surface area contributed by atoms with E-state index in [1.807, 2.05) is 19.3 Å². The molecule has 0 amide bonds. The van der Waals surface area contributed by atoms with Gasteiger partial charge in [-0.2, -0.15) is 0 Å². The lowest BCUT2D eigenvalue weighted by molar-refractivity contribution is 0.221.